The number of rotatable bonds is 5. The van der Waals surface area contributed by atoms with Crippen molar-refractivity contribution in [1.82, 2.24) is 14.9 Å². The van der Waals surface area contributed by atoms with Gasteiger partial charge in [-0.3, -0.25) is 4.79 Å². The highest BCUT2D eigenvalue weighted by atomic mass is 16.5. The van der Waals surface area contributed by atoms with Crippen LogP contribution in [0.3, 0.4) is 0 Å². The number of aromatic nitrogens is 2. The molecule has 5 nitrogen and oxygen atoms in total. The number of carbonyl (C=O) groups excluding carboxylic acids is 1. The highest BCUT2D eigenvalue weighted by Gasteiger charge is 2.24. The summed E-state index contributed by atoms with van der Waals surface area (Å²) in [6.07, 6.45) is 6.77. The summed E-state index contributed by atoms with van der Waals surface area (Å²) < 4.78 is 5.80. The summed E-state index contributed by atoms with van der Waals surface area (Å²) in [4.78, 5) is 22.0. The van der Waals surface area contributed by atoms with E-state index in [0.29, 0.717) is 18.2 Å². The fourth-order valence-electron chi connectivity index (χ4n) is 2.31. The van der Waals surface area contributed by atoms with Crippen LogP contribution in [0, 0.1) is 5.92 Å². The maximum absolute atomic E-state index is 12.1. The molecule has 0 radical (unpaired) electrons. The van der Waals surface area contributed by atoms with E-state index in [9.17, 15) is 4.79 Å². The van der Waals surface area contributed by atoms with Gasteiger partial charge in [-0.25, -0.2) is 9.97 Å². The predicted molar refractivity (Wildman–Crippen MR) is 76.3 cm³/mol. The molecule has 2 rings (SSSR count). The Bertz CT molecular complexity index is 416. The second-order valence-electron chi connectivity index (χ2n) is 5.46. The average molecular weight is 277 g/mol. The van der Waals surface area contributed by atoms with Crippen molar-refractivity contribution in [2.24, 2.45) is 5.92 Å². The molecule has 0 spiro atoms. The molecule has 0 N–H and O–H groups in total. The van der Waals surface area contributed by atoms with Crippen molar-refractivity contribution in [3.05, 3.63) is 18.6 Å². The van der Waals surface area contributed by atoms with Gasteiger partial charge >= 0.3 is 0 Å². The van der Waals surface area contributed by atoms with E-state index in [1.807, 2.05) is 4.90 Å². The van der Waals surface area contributed by atoms with Crippen LogP contribution in [0.5, 0.6) is 5.88 Å². The number of carbonyl (C=O) groups is 1. The van der Waals surface area contributed by atoms with E-state index in [2.05, 4.69) is 23.8 Å². The number of nitrogens with zero attached hydrogens (tertiary/aromatic N) is 3. The van der Waals surface area contributed by atoms with Gasteiger partial charge in [0.25, 0.3) is 0 Å². The van der Waals surface area contributed by atoms with Gasteiger partial charge in [-0.05, 0) is 5.92 Å². The van der Waals surface area contributed by atoms with Crippen molar-refractivity contribution in [3.63, 3.8) is 0 Å². The summed E-state index contributed by atoms with van der Waals surface area (Å²) in [5.74, 6) is 1.36. The quantitative estimate of drug-likeness (QED) is 0.828. The van der Waals surface area contributed by atoms with E-state index in [1.54, 1.807) is 12.3 Å². The summed E-state index contributed by atoms with van der Waals surface area (Å²) in [5, 5.41) is 0. The van der Waals surface area contributed by atoms with Gasteiger partial charge in [0.1, 0.15) is 12.4 Å². The zero-order chi connectivity index (χ0) is 14.4. The molecular weight excluding hydrogens is 254 g/mol. The summed E-state index contributed by atoms with van der Waals surface area (Å²) in [7, 11) is 0. The number of amides is 1. The summed E-state index contributed by atoms with van der Waals surface area (Å²) >= 11 is 0. The fraction of sp³-hybridized carbons (Fsp3) is 0.667. The molecule has 1 aromatic heterocycles. The first-order chi connectivity index (χ1) is 9.69. The molecule has 2 heterocycles. The number of hydrogen-bond acceptors (Lipinski definition) is 4. The molecular formula is C15H23N3O2. The van der Waals surface area contributed by atoms with E-state index >= 15 is 0 Å². The van der Waals surface area contributed by atoms with Crippen molar-refractivity contribution in [1.29, 1.82) is 0 Å². The SMILES string of the molecule is CCC(C)CC(=O)N1CCC(Oc2ccncn2)CC1. The Hall–Kier alpha value is -1.65. The highest BCUT2D eigenvalue weighted by molar-refractivity contribution is 5.76. The van der Waals surface area contributed by atoms with Crippen LogP contribution in [-0.2, 0) is 4.79 Å². The number of likely N-dealkylation sites (tertiary alicyclic amines) is 1. The largest absolute Gasteiger partial charge is 0.474 e. The molecule has 1 aromatic rings. The molecule has 5 heteroatoms. The lowest BCUT2D eigenvalue weighted by Crippen LogP contribution is -2.42. The minimum absolute atomic E-state index is 0.151. The Morgan fingerprint density at radius 1 is 1.50 bits per heavy atom. The molecule has 110 valence electrons. The minimum atomic E-state index is 0.151. The monoisotopic (exact) mass is 277 g/mol. The number of hydrogen-bond donors (Lipinski definition) is 0. The van der Waals surface area contributed by atoms with Crippen LogP contribution in [0.15, 0.2) is 18.6 Å². The predicted octanol–water partition coefficient (Wildman–Crippen LogP) is 2.28. The molecule has 1 aliphatic rings. The third kappa shape index (κ3) is 4.18. The number of piperidine rings is 1. The molecule has 1 amide bonds. The highest BCUT2D eigenvalue weighted by Crippen LogP contribution is 2.18. The van der Waals surface area contributed by atoms with E-state index in [4.69, 9.17) is 4.74 Å². The molecule has 0 aliphatic carbocycles. The maximum Gasteiger partial charge on any atom is 0.222 e. The Balaban J connectivity index is 1.76. The van der Waals surface area contributed by atoms with Crippen LogP contribution in [0.1, 0.15) is 39.5 Å². The van der Waals surface area contributed by atoms with E-state index in [-0.39, 0.29) is 12.0 Å². The topological polar surface area (TPSA) is 55.3 Å². The number of ether oxygens (including phenoxy) is 1. The van der Waals surface area contributed by atoms with Crippen LogP contribution < -0.4 is 4.74 Å². The van der Waals surface area contributed by atoms with Crippen molar-refractivity contribution in [3.8, 4) is 5.88 Å². The van der Waals surface area contributed by atoms with Crippen molar-refractivity contribution in [2.75, 3.05) is 13.1 Å². The van der Waals surface area contributed by atoms with Gasteiger partial charge in [0.05, 0.1) is 0 Å². The third-order valence-electron chi connectivity index (χ3n) is 3.86. The van der Waals surface area contributed by atoms with Crippen LogP contribution in [0.4, 0.5) is 0 Å². The third-order valence-corrected chi connectivity index (χ3v) is 3.86. The lowest BCUT2D eigenvalue weighted by atomic mass is 10.0. The second kappa shape index (κ2) is 7.22. The van der Waals surface area contributed by atoms with Gasteiger partial charge in [-0.1, -0.05) is 20.3 Å². The second-order valence-corrected chi connectivity index (χ2v) is 5.46. The molecule has 1 fully saturated rings. The van der Waals surface area contributed by atoms with Crippen molar-refractivity contribution < 1.29 is 9.53 Å². The van der Waals surface area contributed by atoms with E-state index in [1.165, 1.54) is 6.33 Å². The molecule has 0 saturated carbocycles. The molecule has 1 saturated heterocycles. The van der Waals surface area contributed by atoms with Crippen molar-refractivity contribution in [2.45, 2.75) is 45.6 Å². The standard InChI is InChI=1S/C15H23N3O2/c1-3-12(2)10-15(19)18-8-5-13(6-9-18)20-14-4-7-16-11-17-14/h4,7,11-13H,3,5-6,8-10H2,1-2H3. The zero-order valence-corrected chi connectivity index (χ0v) is 12.3. The molecule has 20 heavy (non-hydrogen) atoms. The Labute approximate surface area is 120 Å². The van der Waals surface area contributed by atoms with Gasteiger partial charge in [-0.15, -0.1) is 0 Å². The first kappa shape index (κ1) is 14.8. The minimum Gasteiger partial charge on any atom is -0.474 e. The van der Waals surface area contributed by atoms with Crippen LogP contribution in [-0.4, -0.2) is 40.0 Å². The van der Waals surface area contributed by atoms with Crippen LogP contribution >= 0.6 is 0 Å². The maximum atomic E-state index is 12.1. The van der Waals surface area contributed by atoms with Crippen molar-refractivity contribution >= 4 is 5.91 Å². The first-order valence-electron chi connectivity index (χ1n) is 7.39. The lowest BCUT2D eigenvalue weighted by Gasteiger charge is -2.32. The summed E-state index contributed by atoms with van der Waals surface area (Å²) in [6, 6.07) is 1.76. The smallest absolute Gasteiger partial charge is 0.222 e. The van der Waals surface area contributed by atoms with Gasteiger partial charge in [0.15, 0.2) is 0 Å². The van der Waals surface area contributed by atoms with Gasteiger partial charge < -0.3 is 9.64 Å². The molecule has 1 aliphatic heterocycles. The average Bonchev–Trinajstić information content (AvgIpc) is 2.49. The molecule has 0 aromatic carbocycles. The summed E-state index contributed by atoms with van der Waals surface area (Å²) in [6.45, 7) is 5.82. The Morgan fingerprint density at radius 2 is 2.25 bits per heavy atom. The first-order valence-corrected chi connectivity index (χ1v) is 7.39. The van der Waals surface area contributed by atoms with E-state index < -0.39 is 0 Å². The zero-order valence-electron chi connectivity index (χ0n) is 12.3. The molecule has 1 unspecified atom stereocenters. The van der Waals surface area contributed by atoms with Gasteiger partial charge in [-0.2, -0.15) is 0 Å². The Kier molecular flexibility index (Phi) is 5.32. The van der Waals surface area contributed by atoms with Crippen LogP contribution in [0.25, 0.3) is 0 Å². The lowest BCUT2D eigenvalue weighted by molar-refractivity contribution is -0.133. The normalized spacial score (nSPS) is 17.8. The van der Waals surface area contributed by atoms with Gasteiger partial charge in [0, 0.05) is 44.6 Å². The van der Waals surface area contributed by atoms with E-state index in [0.717, 1.165) is 32.4 Å². The fourth-order valence-corrected chi connectivity index (χ4v) is 2.31. The van der Waals surface area contributed by atoms with Gasteiger partial charge in [0.2, 0.25) is 11.8 Å². The van der Waals surface area contributed by atoms with Crippen LogP contribution in [0.2, 0.25) is 0 Å². The summed E-state index contributed by atoms with van der Waals surface area (Å²) in [5.41, 5.74) is 0. The Morgan fingerprint density at radius 3 is 2.85 bits per heavy atom. The molecule has 1 atom stereocenters. The molecule has 0 bridgehead atoms.